The summed E-state index contributed by atoms with van der Waals surface area (Å²) in [7, 11) is 0. The monoisotopic (exact) mass is 221 g/mol. The molecular formula is C13H19NO2. The SMILES string of the molecule is C[C@](N)(CO)[C@@H]1CCc2cc(O)ccc2C1. The zero-order valence-corrected chi connectivity index (χ0v) is 9.61. The van der Waals surface area contributed by atoms with Gasteiger partial charge in [0.15, 0.2) is 0 Å². The van der Waals surface area contributed by atoms with E-state index < -0.39 is 5.54 Å². The maximum Gasteiger partial charge on any atom is 0.115 e. The first-order chi connectivity index (χ1) is 7.53. The van der Waals surface area contributed by atoms with Crippen molar-refractivity contribution in [2.75, 3.05) is 6.61 Å². The number of phenols is 1. The molecule has 2 rings (SSSR count). The average Bonchev–Trinajstić information content (AvgIpc) is 2.28. The van der Waals surface area contributed by atoms with Gasteiger partial charge in [-0.2, -0.15) is 0 Å². The number of aromatic hydroxyl groups is 1. The van der Waals surface area contributed by atoms with Gasteiger partial charge >= 0.3 is 0 Å². The largest absolute Gasteiger partial charge is 0.508 e. The molecular weight excluding hydrogens is 202 g/mol. The van der Waals surface area contributed by atoms with Crippen LogP contribution >= 0.6 is 0 Å². The molecule has 0 spiro atoms. The van der Waals surface area contributed by atoms with E-state index in [4.69, 9.17) is 5.73 Å². The number of fused-ring (bicyclic) bond motifs is 1. The van der Waals surface area contributed by atoms with Gasteiger partial charge in [-0.15, -0.1) is 0 Å². The molecule has 0 aliphatic heterocycles. The second kappa shape index (κ2) is 4.07. The molecule has 4 N–H and O–H groups in total. The van der Waals surface area contributed by atoms with Crippen LogP contribution in [0.3, 0.4) is 0 Å². The lowest BCUT2D eigenvalue weighted by molar-refractivity contribution is 0.144. The molecule has 1 aliphatic carbocycles. The van der Waals surface area contributed by atoms with E-state index in [-0.39, 0.29) is 6.61 Å². The second-order valence-electron chi connectivity index (χ2n) is 5.06. The zero-order valence-electron chi connectivity index (χ0n) is 9.61. The van der Waals surface area contributed by atoms with Crippen LogP contribution in [0, 0.1) is 5.92 Å². The van der Waals surface area contributed by atoms with E-state index in [2.05, 4.69) is 0 Å². The normalized spacial score (nSPS) is 23.6. The molecule has 0 saturated carbocycles. The minimum absolute atomic E-state index is 0.0189. The summed E-state index contributed by atoms with van der Waals surface area (Å²) in [6, 6.07) is 5.51. The van der Waals surface area contributed by atoms with Gasteiger partial charge in [0.25, 0.3) is 0 Å². The van der Waals surface area contributed by atoms with Crippen molar-refractivity contribution in [3.63, 3.8) is 0 Å². The Morgan fingerprint density at radius 1 is 1.44 bits per heavy atom. The fraction of sp³-hybridized carbons (Fsp3) is 0.538. The molecule has 0 radical (unpaired) electrons. The van der Waals surface area contributed by atoms with E-state index >= 15 is 0 Å². The van der Waals surface area contributed by atoms with E-state index in [0.29, 0.717) is 11.7 Å². The molecule has 88 valence electrons. The lowest BCUT2D eigenvalue weighted by Crippen LogP contribution is -2.49. The van der Waals surface area contributed by atoms with Crippen molar-refractivity contribution in [3.05, 3.63) is 29.3 Å². The number of phenolic OH excluding ortho intramolecular Hbond substituents is 1. The fourth-order valence-corrected chi connectivity index (χ4v) is 2.43. The van der Waals surface area contributed by atoms with Gasteiger partial charge < -0.3 is 15.9 Å². The van der Waals surface area contributed by atoms with E-state index in [1.54, 1.807) is 6.07 Å². The topological polar surface area (TPSA) is 66.5 Å². The molecule has 2 atom stereocenters. The van der Waals surface area contributed by atoms with Crippen molar-refractivity contribution < 1.29 is 10.2 Å². The van der Waals surface area contributed by atoms with Crippen LogP contribution in [0.15, 0.2) is 18.2 Å². The highest BCUT2D eigenvalue weighted by Crippen LogP contribution is 2.32. The lowest BCUT2D eigenvalue weighted by atomic mass is 9.74. The summed E-state index contributed by atoms with van der Waals surface area (Å²) >= 11 is 0. The van der Waals surface area contributed by atoms with Gasteiger partial charge in [0.2, 0.25) is 0 Å². The second-order valence-corrected chi connectivity index (χ2v) is 5.06. The Kier molecular flexibility index (Phi) is 2.91. The van der Waals surface area contributed by atoms with Crippen molar-refractivity contribution in [2.24, 2.45) is 11.7 Å². The number of aliphatic hydroxyl groups excluding tert-OH is 1. The van der Waals surface area contributed by atoms with Gasteiger partial charge in [-0.25, -0.2) is 0 Å². The summed E-state index contributed by atoms with van der Waals surface area (Å²) in [5, 5.41) is 18.7. The predicted octanol–water partition coefficient (Wildman–Crippen LogP) is 1.21. The number of hydrogen-bond donors (Lipinski definition) is 3. The Bertz CT molecular complexity index is 388. The molecule has 1 aromatic rings. The third-order valence-electron chi connectivity index (χ3n) is 3.69. The molecule has 0 aromatic heterocycles. The first kappa shape index (κ1) is 11.4. The lowest BCUT2D eigenvalue weighted by Gasteiger charge is -2.36. The van der Waals surface area contributed by atoms with Gasteiger partial charge in [-0.3, -0.25) is 0 Å². The standard InChI is InChI=1S/C13H19NO2/c1-13(14,8-15)11-4-2-10-7-12(16)5-3-9(10)6-11/h3,5,7,11,15-16H,2,4,6,8,14H2,1H3/t11-,13+/m1/s1. The molecule has 0 amide bonds. The fourth-order valence-electron chi connectivity index (χ4n) is 2.43. The van der Waals surface area contributed by atoms with Crippen LogP contribution in [0.1, 0.15) is 24.5 Å². The zero-order chi connectivity index (χ0) is 11.8. The van der Waals surface area contributed by atoms with Crippen LogP contribution in [-0.4, -0.2) is 22.4 Å². The summed E-state index contributed by atoms with van der Waals surface area (Å²) in [5.74, 6) is 0.643. The van der Waals surface area contributed by atoms with E-state index in [1.807, 2.05) is 19.1 Å². The van der Waals surface area contributed by atoms with Crippen LogP contribution in [0.5, 0.6) is 5.75 Å². The van der Waals surface area contributed by atoms with E-state index in [9.17, 15) is 10.2 Å². The summed E-state index contributed by atoms with van der Waals surface area (Å²) in [6.45, 7) is 1.92. The van der Waals surface area contributed by atoms with Crippen LogP contribution in [0.2, 0.25) is 0 Å². The van der Waals surface area contributed by atoms with Crippen LogP contribution in [-0.2, 0) is 12.8 Å². The Labute approximate surface area is 95.9 Å². The van der Waals surface area contributed by atoms with Crippen molar-refractivity contribution >= 4 is 0 Å². The number of benzene rings is 1. The molecule has 0 heterocycles. The molecule has 3 heteroatoms. The van der Waals surface area contributed by atoms with Crippen LogP contribution in [0.4, 0.5) is 0 Å². The Morgan fingerprint density at radius 3 is 2.88 bits per heavy atom. The number of nitrogens with two attached hydrogens (primary N) is 1. The molecule has 16 heavy (non-hydrogen) atoms. The molecule has 1 aliphatic rings. The number of rotatable bonds is 2. The number of aliphatic hydroxyl groups is 1. The molecule has 3 nitrogen and oxygen atoms in total. The minimum atomic E-state index is -0.504. The summed E-state index contributed by atoms with van der Waals surface area (Å²) in [6.07, 6.45) is 2.80. The van der Waals surface area contributed by atoms with Gasteiger partial charge in [-0.1, -0.05) is 6.07 Å². The molecule has 0 fully saturated rings. The molecule has 1 aromatic carbocycles. The van der Waals surface area contributed by atoms with Crippen LogP contribution < -0.4 is 5.73 Å². The van der Waals surface area contributed by atoms with Gasteiger partial charge in [0.05, 0.1) is 6.61 Å². The Hall–Kier alpha value is -1.06. The third kappa shape index (κ3) is 2.06. The van der Waals surface area contributed by atoms with E-state index in [0.717, 1.165) is 19.3 Å². The van der Waals surface area contributed by atoms with Gasteiger partial charge in [0, 0.05) is 5.54 Å². The summed E-state index contributed by atoms with van der Waals surface area (Å²) in [4.78, 5) is 0. The quantitative estimate of drug-likeness (QED) is 0.703. The highest BCUT2D eigenvalue weighted by atomic mass is 16.3. The van der Waals surface area contributed by atoms with Crippen molar-refractivity contribution in [1.29, 1.82) is 0 Å². The maximum atomic E-state index is 9.40. The van der Waals surface area contributed by atoms with Gasteiger partial charge in [-0.05, 0) is 55.4 Å². The summed E-state index contributed by atoms with van der Waals surface area (Å²) < 4.78 is 0. The van der Waals surface area contributed by atoms with Gasteiger partial charge in [0.1, 0.15) is 5.75 Å². The average molecular weight is 221 g/mol. The Balaban J connectivity index is 2.21. The van der Waals surface area contributed by atoms with Crippen molar-refractivity contribution in [2.45, 2.75) is 31.7 Å². The number of aryl methyl sites for hydroxylation is 1. The molecule has 0 unspecified atom stereocenters. The van der Waals surface area contributed by atoms with E-state index in [1.165, 1.54) is 11.1 Å². The highest BCUT2D eigenvalue weighted by Gasteiger charge is 2.32. The maximum absolute atomic E-state index is 9.40. The predicted molar refractivity (Wildman–Crippen MR) is 63.3 cm³/mol. The Morgan fingerprint density at radius 2 is 2.19 bits per heavy atom. The van der Waals surface area contributed by atoms with Crippen LogP contribution in [0.25, 0.3) is 0 Å². The smallest absolute Gasteiger partial charge is 0.115 e. The third-order valence-corrected chi connectivity index (χ3v) is 3.69. The molecule has 0 bridgehead atoms. The highest BCUT2D eigenvalue weighted by molar-refractivity contribution is 5.37. The van der Waals surface area contributed by atoms with Crippen molar-refractivity contribution in [1.82, 2.24) is 0 Å². The first-order valence-corrected chi connectivity index (χ1v) is 5.73. The van der Waals surface area contributed by atoms with Crippen molar-refractivity contribution in [3.8, 4) is 5.75 Å². The minimum Gasteiger partial charge on any atom is -0.508 e. The number of hydrogen-bond acceptors (Lipinski definition) is 3. The summed E-state index contributed by atoms with van der Waals surface area (Å²) in [5.41, 5.74) is 8.04. The first-order valence-electron chi connectivity index (χ1n) is 5.73. The molecule has 0 saturated heterocycles.